The molecule has 4 saturated carbocycles. The Morgan fingerprint density at radius 2 is 2.07 bits per heavy atom. The lowest BCUT2D eigenvalue weighted by Gasteiger charge is -2.58. The molecule has 0 radical (unpaired) electrons. The standard InChI is InChI=1S/C22H31N3O4S/c1-12(2)30-18-17(29-25-20(18)28-11-21(3,4)10-23)19(26)24-16-14-5-13-6-15(16)9-22(27,7-13)8-14/h12-16,27H,5-9,11H2,1-4H3,(H,24,26)/t13?,14?,15?,16-,22-. The summed E-state index contributed by atoms with van der Waals surface area (Å²) in [5.74, 6) is 1.39. The van der Waals surface area contributed by atoms with Gasteiger partial charge in [-0.2, -0.15) is 5.26 Å². The maximum Gasteiger partial charge on any atom is 0.291 e. The highest BCUT2D eigenvalue weighted by molar-refractivity contribution is 8.00. The minimum atomic E-state index is -0.665. The number of nitrogens with one attached hydrogen (secondary N) is 1. The summed E-state index contributed by atoms with van der Waals surface area (Å²) < 4.78 is 11.2. The summed E-state index contributed by atoms with van der Waals surface area (Å²) in [5.41, 5.74) is -1.20. The van der Waals surface area contributed by atoms with Crippen LogP contribution in [0.25, 0.3) is 0 Å². The van der Waals surface area contributed by atoms with Crippen LogP contribution in [0.5, 0.6) is 5.88 Å². The molecule has 1 heterocycles. The fourth-order valence-corrected chi connectivity index (χ4v) is 6.46. The van der Waals surface area contributed by atoms with Crippen LogP contribution in [0.2, 0.25) is 0 Å². The maximum atomic E-state index is 13.2. The normalized spacial score (nSPS) is 32.3. The second-order valence-corrected chi connectivity index (χ2v) is 11.9. The van der Waals surface area contributed by atoms with Crippen molar-refractivity contribution in [3.63, 3.8) is 0 Å². The first kappa shape index (κ1) is 21.5. The van der Waals surface area contributed by atoms with Gasteiger partial charge in [0.15, 0.2) is 0 Å². The van der Waals surface area contributed by atoms with E-state index in [0.29, 0.717) is 22.6 Å². The van der Waals surface area contributed by atoms with Crippen LogP contribution >= 0.6 is 11.8 Å². The first-order valence-corrected chi connectivity index (χ1v) is 11.7. The van der Waals surface area contributed by atoms with Gasteiger partial charge in [0, 0.05) is 11.3 Å². The van der Waals surface area contributed by atoms with Crippen molar-refractivity contribution in [2.24, 2.45) is 23.2 Å². The largest absolute Gasteiger partial charge is 0.473 e. The van der Waals surface area contributed by atoms with Crippen molar-refractivity contribution in [1.82, 2.24) is 10.5 Å². The fraction of sp³-hybridized carbons (Fsp3) is 0.773. The zero-order valence-corrected chi connectivity index (χ0v) is 18.9. The third kappa shape index (κ3) is 4.19. The number of aromatic nitrogens is 1. The van der Waals surface area contributed by atoms with Crippen LogP contribution in [-0.4, -0.2) is 39.7 Å². The van der Waals surface area contributed by atoms with Crippen LogP contribution in [0.4, 0.5) is 0 Å². The molecule has 1 aromatic rings. The molecule has 0 aliphatic heterocycles. The number of amides is 1. The van der Waals surface area contributed by atoms with Crippen molar-refractivity contribution in [3.8, 4) is 11.9 Å². The number of nitriles is 1. The third-order valence-electron chi connectivity index (χ3n) is 6.59. The van der Waals surface area contributed by atoms with E-state index in [-0.39, 0.29) is 35.4 Å². The van der Waals surface area contributed by atoms with Crippen LogP contribution in [0.3, 0.4) is 0 Å². The Labute approximate surface area is 181 Å². The molecule has 30 heavy (non-hydrogen) atoms. The zero-order chi connectivity index (χ0) is 21.7. The molecule has 164 valence electrons. The molecular formula is C22H31N3O4S. The molecule has 1 aromatic heterocycles. The Bertz CT molecular complexity index is 843. The first-order chi connectivity index (χ1) is 14.1. The molecule has 5 rings (SSSR count). The van der Waals surface area contributed by atoms with Crippen LogP contribution in [0.15, 0.2) is 9.42 Å². The van der Waals surface area contributed by atoms with Crippen molar-refractivity contribution in [3.05, 3.63) is 5.76 Å². The summed E-state index contributed by atoms with van der Waals surface area (Å²) in [6.45, 7) is 7.80. The lowest BCUT2D eigenvalue weighted by atomic mass is 9.52. The number of rotatable bonds is 7. The minimum absolute atomic E-state index is 0.0678. The summed E-state index contributed by atoms with van der Waals surface area (Å²) in [5, 5.41) is 27.4. The Kier molecular flexibility index (Phi) is 5.56. The second-order valence-electron chi connectivity index (χ2n) is 10.3. The topological polar surface area (TPSA) is 108 Å². The summed E-state index contributed by atoms with van der Waals surface area (Å²) >= 11 is 1.47. The SMILES string of the molecule is CC(C)Sc1c(OCC(C)(C)C#N)noc1C(=O)N[C@H]1C2CC3CC1C[C@](O)(C3)C2. The van der Waals surface area contributed by atoms with Gasteiger partial charge in [0.2, 0.25) is 5.76 Å². The van der Waals surface area contributed by atoms with Gasteiger partial charge in [0.05, 0.1) is 17.1 Å². The Hall–Kier alpha value is -1.72. The molecule has 2 atom stereocenters. The predicted octanol–water partition coefficient (Wildman–Crippen LogP) is 3.77. The van der Waals surface area contributed by atoms with E-state index in [1.807, 2.05) is 13.8 Å². The third-order valence-corrected chi connectivity index (χ3v) is 7.66. The minimum Gasteiger partial charge on any atom is -0.473 e. The van der Waals surface area contributed by atoms with E-state index in [1.54, 1.807) is 13.8 Å². The number of carbonyl (C=O) groups excluding carboxylic acids is 1. The van der Waals surface area contributed by atoms with E-state index in [9.17, 15) is 15.2 Å². The van der Waals surface area contributed by atoms with Crippen LogP contribution in [0.1, 0.15) is 70.4 Å². The fourth-order valence-electron chi connectivity index (χ4n) is 5.56. The number of nitrogens with zero attached hydrogens (tertiary/aromatic N) is 2. The van der Waals surface area contributed by atoms with E-state index >= 15 is 0 Å². The average molecular weight is 434 g/mol. The molecular weight excluding hydrogens is 402 g/mol. The number of thioether (sulfide) groups is 1. The monoisotopic (exact) mass is 433 g/mol. The van der Waals surface area contributed by atoms with E-state index in [4.69, 9.17) is 9.26 Å². The molecule has 4 bridgehead atoms. The van der Waals surface area contributed by atoms with Crippen LogP contribution in [-0.2, 0) is 0 Å². The number of ether oxygens (including phenoxy) is 1. The molecule has 2 N–H and O–H groups in total. The smallest absolute Gasteiger partial charge is 0.291 e. The molecule has 7 nitrogen and oxygen atoms in total. The highest BCUT2D eigenvalue weighted by Crippen LogP contribution is 2.55. The molecule has 0 spiro atoms. The van der Waals surface area contributed by atoms with Gasteiger partial charge in [-0.15, -0.1) is 11.8 Å². The van der Waals surface area contributed by atoms with E-state index < -0.39 is 11.0 Å². The van der Waals surface area contributed by atoms with E-state index in [1.165, 1.54) is 11.8 Å². The Balaban J connectivity index is 1.50. The molecule has 1 amide bonds. The molecule has 0 aromatic carbocycles. The molecule has 4 aliphatic rings. The summed E-state index contributed by atoms with van der Waals surface area (Å²) in [7, 11) is 0. The zero-order valence-electron chi connectivity index (χ0n) is 18.1. The lowest BCUT2D eigenvalue weighted by molar-refractivity contribution is -0.137. The Morgan fingerprint density at radius 3 is 2.63 bits per heavy atom. The average Bonchev–Trinajstić information content (AvgIpc) is 3.03. The summed E-state index contributed by atoms with van der Waals surface area (Å²) in [4.78, 5) is 13.7. The molecule has 8 heteroatoms. The Morgan fingerprint density at radius 1 is 1.40 bits per heavy atom. The first-order valence-electron chi connectivity index (χ1n) is 10.8. The quantitative estimate of drug-likeness (QED) is 0.630. The number of aliphatic hydroxyl groups is 1. The van der Waals surface area contributed by atoms with Crippen molar-refractivity contribution in [2.45, 2.75) is 81.6 Å². The van der Waals surface area contributed by atoms with Gasteiger partial charge in [-0.1, -0.05) is 13.8 Å². The number of carbonyl (C=O) groups is 1. The van der Waals surface area contributed by atoms with Crippen molar-refractivity contribution >= 4 is 17.7 Å². The molecule has 4 aliphatic carbocycles. The van der Waals surface area contributed by atoms with Crippen molar-refractivity contribution in [1.29, 1.82) is 5.26 Å². The summed E-state index contributed by atoms with van der Waals surface area (Å²) in [6, 6.07) is 2.27. The second kappa shape index (κ2) is 7.76. The summed E-state index contributed by atoms with van der Waals surface area (Å²) in [6.07, 6.45) is 4.60. The molecule has 0 saturated heterocycles. The van der Waals surface area contributed by atoms with Crippen molar-refractivity contribution in [2.75, 3.05) is 6.61 Å². The highest BCUT2D eigenvalue weighted by Gasteiger charge is 2.55. The van der Waals surface area contributed by atoms with Crippen LogP contribution < -0.4 is 10.1 Å². The van der Waals surface area contributed by atoms with Gasteiger partial charge in [-0.3, -0.25) is 4.79 Å². The van der Waals surface area contributed by atoms with Gasteiger partial charge in [0.1, 0.15) is 11.5 Å². The van der Waals surface area contributed by atoms with E-state index in [2.05, 4.69) is 16.5 Å². The van der Waals surface area contributed by atoms with Gasteiger partial charge in [-0.05, 0) is 68.9 Å². The molecule has 2 unspecified atom stereocenters. The predicted molar refractivity (Wildman–Crippen MR) is 112 cm³/mol. The van der Waals surface area contributed by atoms with Gasteiger partial charge < -0.3 is 19.7 Å². The lowest BCUT2D eigenvalue weighted by Crippen LogP contribution is -2.61. The number of hydrogen-bond acceptors (Lipinski definition) is 7. The van der Waals surface area contributed by atoms with E-state index in [0.717, 1.165) is 32.1 Å². The van der Waals surface area contributed by atoms with Crippen molar-refractivity contribution < 1.29 is 19.2 Å². The van der Waals surface area contributed by atoms with Crippen LogP contribution in [0, 0.1) is 34.5 Å². The maximum absolute atomic E-state index is 13.2. The van der Waals surface area contributed by atoms with Gasteiger partial charge in [0.25, 0.3) is 11.8 Å². The molecule has 4 fully saturated rings. The highest BCUT2D eigenvalue weighted by atomic mass is 32.2. The van der Waals surface area contributed by atoms with Gasteiger partial charge >= 0.3 is 0 Å². The number of hydrogen-bond donors (Lipinski definition) is 2. The van der Waals surface area contributed by atoms with Gasteiger partial charge in [-0.25, -0.2) is 0 Å².